The molecule has 1 aromatic carbocycles. The third kappa shape index (κ3) is 4.25. The van der Waals surface area contributed by atoms with Gasteiger partial charge in [0.15, 0.2) is 0 Å². The second-order valence-corrected chi connectivity index (χ2v) is 6.16. The molecule has 2 rings (SSSR count). The Morgan fingerprint density at radius 1 is 1.42 bits per heavy atom. The number of thiophene rings is 1. The van der Waals surface area contributed by atoms with Gasteiger partial charge in [-0.3, -0.25) is 4.79 Å². The largest absolute Gasteiger partial charge is 0.399 e. The summed E-state index contributed by atoms with van der Waals surface area (Å²) in [6.45, 7) is 0. The van der Waals surface area contributed by atoms with Gasteiger partial charge >= 0.3 is 0 Å². The van der Waals surface area contributed by atoms with E-state index in [4.69, 9.17) is 5.73 Å². The Bertz CT molecular complexity index is 558. The molecule has 0 aliphatic rings. The highest BCUT2D eigenvalue weighted by atomic mass is 32.2. The molecule has 0 radical (unpaired) electrons. The van der Waals surface area contributed by atoms with Crippen LogP contribution in [0.2, 0.25) is 0 Å². The monoisotopic (exact) mass is 296 g/mol. The molecule has 1 aromatic heterocycles. The van der Waals surface area contributed by atoms with Crippen LogP contribution in [0.5, 0.6) is 0 Å². The maximum atomic E-state index is 13.4. The van der Waals surface area contributed by atoms with Crippen molar-refractivity contribution in [1.82, 2.24) is 0 Å². The summed E-state index contributed by atoms with van der Waals surface area (Å²) in [7, 11) is 0. The lowest BCUT2D eigenvalue weighted by atomic mass is 10.2. The highest BCUT2D eigenvalue weighted by Crippen LogP contribution is 2.24. The van der Waals surface area contributed by atoms with E-state index in [0.717, 1.165) is 0 Å². The fourth-order valence-electron chi connectivity index (χ4n) is 1.44. The van der Waals surface area contributed by atoms with E-state index < -0.39 is 5.82 Å². The summed E-state index contributed by atoms with van der Waals surface area (Å²) in [5.74, 6) is -0.0296. The van der Waals surface area contributed by atoms with E-state index >= 15 is 0 Å². The van der Waals surface area contributed by atoms with Gasteiger partial charge in [0.2, 0.25) is 5.91 Å². The van der Waals surface area contributed by atoms with Crippen LogP contribution in [-0.2, 0) is 4.79 Å². The van der Waals surface area contributed by atoms with Crippen LogP contribution in [-0.4, -0.2) is 11.7 Å². The number of amides is 1. The summed E-state index contributed by atoms with van der Waals surface area (Å²) >= 11 is 3.25. The van der Waals surface area contributed by atoms with Crippen molar-refractivity contribution in [3.05, 3.63) is 41.5 Å². The number of benzene rings is 1. The Morgan fingerprint density at radius 3 is 3.00 bits per heavy atom. The Morgan fingerprint density at radius 2 is 2.26 bits per heavy atom. The number of carbonyl (C=O) groups excluding carboxylic acids is 1. The Labute approximate surface area is 119 Å². The highest BCUT2D eigenvalue weighted by molar-refractivity contribution is 8.01. The van der Waals surface area contributed by atoms with E-state index in [1.165, 1.54) is 22.4 Å². The molecule has 19 heavy (non-hydrogen) atoms. The van der Waals surface area contributed by atoms with E-state index in [9.17, 15) is 9.18 Å². The first kappa shape index (κ1) is 13.9. The molecular weight excluding hydrogens is 283 g/mol. The van der Waals surface area contributed by atoms with Crippen LogP contribution in [0, 0.1) is 5.82 Å². The number of nitrogens with one attached hydrogen (secondary N) is 1. The van der Waals surface area contributed by atoms with Crippen LogP contribution in [0.1, 0.15) is 6.42 Å². The van der Waals surface area contributed by atoms with Crippen molar-refractivity contribution in [2.75, 3.05) is 16.8 Å². The molecule has 3 N–H and O–H groups in total. The van der Waals surface area contributed by atoms with E-state index in [-0.39, 0.29) is 11.6 Å². The molecule has 0 fully saturated rings. The molecule has 0 saturated carbocycles. The third-order valence-electron chi connectivity index (χ3n) is 2.33. The first-order chi connectivity index (χ1) is 9.15. The first-order valence-corrected chi connectivity index (χ1v) is 7.53. The zero-order chi connectivity index (χ0) is 13.7. The van der Waals surface area contributed by atoms with Crippen molar-refractivity contribution < 1.29 is 9.18 Å². The second-order valence-electron chi connectivity index (χ2n) is 3.82. The highest BCUT2D eigenvalue weighted by Gasteiger charge is 2.07. The van der Waals surface area contributed by atoms with Gasteiger partial charge in [-0.25, -0.2) is 4.39 Å². The van der Waals surface area contributed by atoms with Gasteiger partial charge < -0.3 is 11.1 Å². The number of nitrogens with two attached hydrogens (primary N) is 1. The molecule has 1 amide bonds. The molecule has 2 aromatic rings. The van der Waals surface area contributed by atoms with E-state index in [2.05, 4.69) is 5.32 Å². The molecule has 0 saturated heterocycles. The maximum absolute atomic E-state index is 13.4. The van der Waals surface area contributed by atoms with Crippen molar-refractivity contribution in [3.8, 4) is 0 Å². The van der Waals surface area contributed by atoms with Crippen LogP contribution in [0.25, 0.3) is 0 Å². The number of hydrogen-bond donors (Lipinski definition) is 2. The maximum Gasteiger partial charge on any atom is 0.225 e. The molecule has 1 heterocycles. The number of nitrogen functional groups attached to an aromatic ring is 1. The Balaban J connectivity index is 1.82. The van der Waals surface area contributed by atoms with Gasteiger partial charge in [-0.2, -0.15) is 0 Å². The van der Waals surface area contributed by atoms with Crippen LogP contribution in [0.4, 0.5) is 15.8 Å². The molecule has 0 aliphatic carbocycles. The minimum absolute atomic E-state index is 0.131. The Kier molecular flexibility index (Phi) is 4.81. The van der Waals surface area contributed by atoms with Gasteiger partial charge in [-0.1, -0.05) is 6.07 Å². The smallest absolute Gasteiger partial charge is 0.225 e. The standard InChI is InChI=1S/C13H13FN2OS2/c14-10-4-3-9(15)8-11(10)16-12(17)5-7-19-13-2-1-6-18-13/h1-4,6,8H,5,7,15H2,(H,16,17). The summed E-state index contributed by atoms with van der Waals surface area (Å²) in [6, 6.07) is 8.09. The summed E-state index contributed by atoms with van der Waals surface area (Å²) < 4.78 is 14.6. The third-order valence-corrected chi connectivity index (χ3v) is 4.47. The summed E-state index contributed by atoms with van der Waals surface area (Å²) in [5.41, 5.74) is 6.10. The lowest BCUT2D eigenvalue weighted by Crippen LogP contribution is -2.13. The first-order valence-electron chi connectivity index (χ1n) is 5.66. The second kappa shape index (κ2) is 6.58. The van der Waals surface area contributed by atoms with Gasteiger partial charge in [0.1, 0.15) is 5.82 Å². The van der Waals surface area contributed by atoms with E-state index in [1.807, 2.05) is 17.5 Å². The topological polar surface area (TPSA) is 55.1 Å². The number of hydrogen-bond acceptors (Lipinski definition) is 4. The molecule has 6 heteroatoms. The lowest BCUT2D eigenvalue weighted by molar-refractivity contribution is -0.115. The van der Waals surface area contributed by atoms with Crippen LogP contribution >= 0.6 is 23.1 Å². The van der Waals surface area contributed by atoms with Crippen LogP contribution in [0.3, 0.4) is 0 Å². The molecule has 0 aliphatic heterocycles. The molecule has 0 spiro atoms. The lowest BCUT2D eigenvalue weighted by Gasteiger charge is -2.06. The van der Waals surface area contributed by atoms with E-state index in [1.54, 1.807) is 23.1 Å². The van der Waals surface area contributed by atoms with Crippen LogP contribution < -0.4 is 11.1 Å². The predicted molar refractivity (Wildman–Crippen MR) is 79.1 cm³/mol. The summed E-state index contributed by atoms with van der Waals surface area (Å²) in [5, 5.41) is 4.52. The van der Waals surface area contributed by atoms with Crippen molar-refractivity contribution in [3.63, 3.8) is 0 Å². The fraction of sp³-hybridized carbons (Fsp3) is 0.154. The summed E-state index contributed by atoms with van der Waals surface area (Å²) in [4.78, 5) is 11.7. The number of halogens is 1. The molecule has 0 atom stereocenters. The molecular formula is C13H13FN2OS2. The minimum atomic E-state index is -0.478. The predicted octanol–water partition coefficient (Wildman–Crippen LogP) is 3.59. The number of rotatable bonds is 5. The van der Waals surface area contributed by atoms with Crippen molar-refractivity contribution in [2.45, 2.75) is 10.6 Å². The fourth-order valence-corrected chi connectivity index (χ4v) is 3.24. The summed E-state index contributed by atoms with van der Waals surface area (Å²) in [6.07, 6.45) is 0.330. The van der Waals surface area contributed by atoms with Gasteiger partial charge in [0.05, 0.1) is 9.90 Å². The quantitative estimate of drug-likeness (QED) is 0.655. The molecule has 3 nitrogen and oxygen atoms in total. The average molecular weight is 296 g/mol. The average Bonchev–Trinajstić information content (AvgIpc) is 2.87. The van der Waals surface area contributed by atoms with Gasteiger partial charge in [0.25, 0.3) is 0 Å². The minimum Gasteiger partial charge on any atom is -0.399 e. The number of anilines is 2. The Hall–Kier alpha value is -1.53. The van der Waals surface area contributed by atoms with Gasteiger partial charge in [-0.05, 0) is 29.6 Å². The normalized spacial score (nSPS) is 10.4. The number of thioether (sulfide) groups is 1. The van der Waals surface area contributed by atoms with Gasteiger partial charge in [0, 0.05) is 17.9 Å². The van der Waals surface area contributed by atoms with E-state index in [0.29, 0.717) is 17.9 Å². The van der Waals surface area contributed by atoms with Crippen molar-refractivity contribution in [1.29, 1.82) is 0 Å². The van der Waals surface area contributed by atoms with Crippen molar-refractivity contribution in [2.24, 2.45) is 0 Å². The molecule has 0 bridgehead atoms. The molecule has 100 valence electrons. The zero-order valence-electron chi connectivity index (χ0n) is 10.1. The molecule has 0 unspecified atom stereocenters. The van der Waals surface area contributed by atoms with Crippen LogP contribution in [0.15, 0.2) is 39.9 Å². The number of carbonyl (C=O) groups is 1. The van der Waals surface area contributed by atoms with Crippen molar-refractivity contribution >= 4 is 40.4 Å². The SMILES string of the molecule is Nc1ccc(F)c(NC(=O)CCSc2cccs2)c1. The zero-order valence-corrected chi connectivity index (χ0v) is 11.7. The van der Waals surface area contributed by atoms with Gasteiger partial charge in [-0.15, -0.1) is 23.1 Å².